The van der Waals surface area contributed by atoms with Gasteiger partial charge >= 0.3 is 6.03 Å². The number of hydrogen-bond acceptors (Lipinski definition) is 3. The fourth-order valence-corrected chi connectivity index (χ4v) is 2.89. The minimum absolute atomic E-state index is 0.268. The summed E-state index contributed by atoms with van der Waals surface area (Å²) in [5.74, 6) is -0.581. The third kappa shape index (κ3) is 4.55. The zero-order chi connectivity index (χ0) is 19.9. The monoisotopic (exact) mass is 375 g/mol. The molecule has 6 nitrogen and oxygen atoms in total. The number of amides is 3. The second-order valence-corrected chi connectivity index (χ2v) is 6.29. The van der Waals surface area contributed by atoms with Crippen molar-refractivity contribution in [1.29, 1.82) is 0 Å². The first-order chi connectivity index (χ1) is 13.6. The Morgan fingerprint density at radius 2 is 1.50 bits per heavy atom. The molecule has 3 aromatic carbocycles. The second-order valence-electron chi connectivity index (χ2n) is 6.29. The van der Waals surface area contributed by atoms with Gasteiger partial charge in [-0.25, -0.2) is 10.3 Å². The Morgan fingerprint density at radius 1 is 0.857 bits per heavy atom. The van der Waals surface area contributed by atoms with Gasteiger partial charge in [-0.2, -0.15) is 0 Å². The summed E-state index contributed by atoms with van der Waals surface area (Å²) in [5, 5.41) is 14.5. The van der Waals surface area contributed by atoms with Crippen LogP contribution in [0.3, 0.4) is 0 Å². The van der Waals surface area contributed by atoms with E-state index in [0.717, 1.165) is 16.7 Å². The molecule has 0 radical (unpaired) electrons. The topological polar surface area (TPSA) is 90.5 Å². The van der Waals surface area contributed by atoms with Crippen molar-refractivity contribution in [3.63, 3.8) is 0 Å². The average Bonchev–Trinajstić information content (AvgIpc) is 2.74. The van der Waals surface area contributed by atoms with Gasteiger partial charge in [0.25, 0.3) is 5.91 Å². The van der Waals surface area contributed by atoms with Gasteiger partial charge in [-0.1, -0.05) is 60.7 Å². The number of carbonyl (C=O) groups excluding carboxylic acids is 2. The van der Waals surface area contributed by atoms with E-state index in [2.05, 4.69) is 10.6 Å². The first kappa shape index (κ1) is 19.1. The highest BCUT2D eigenvalue weighted by atomic mass is 16.5. The van der Waals surface area contributed by atoms with Gasteiger partial charge in [-0.15, -0.1) is 0 Å². The summed E-state index contributed by atoms with van der Waals surface area (Å²) in [7, 11) is 0. The van der Waals surface area contributed by atoms with Gasteiger partial charge in [0, 0.05) is 11.1 Å². The molecule has 6 heteroatoms. The van der Waals surface area contributed by atoms with Gasteiger partial charge < -0.3 is 10.6 Å². The highest BCUT2D eigenvalue weighted by molar-refractivity contribution is 5.95. The van der Waals surface area contributed by atoms with Crippen LogP contribution in [0.15, 0.2) is 78.9 Å². The molecule has 142 valence electrons. The number of benzene rings is 3. The van der Waals surface area contributed by atoms with Crippen molar-refractivity contribution in [3.05, 3.63) is 90.0 Å². The van der Waals surface area contributed by atoms with Crippen molar-refractivity contribution >= 4 is 17.6 Å². The van der Waals surface area contributed by atoms with Crippen LogP contribution in [0.2, 0.25) is 0 Å². The molecule has 3 aromatic rings. The molecule has 3 amide bonds. The lowest BCUT2D eigenvalue weighted by molar-refractivity contribution is 0.0706. The predicted molar refractivity (Wildman–Crippen MR) is 108 cm³/mol. The summed E-state index contributed by atoms with van der Waals surface area (Å²) in [4.78, 5) is 23.9. The predicted octanol–water partition coefficient (Wildman–Crippen LogP) is 4.36. The Hall–Kier alpha value is -3.64. The third-order valence-corrected chi connectivity index (χ3v) is 4.38. The summed E-state index contributed by atoms with van der Waals surface area (Å²) >= 11 is 0. The van der Waals surface area contributed by atoms with Crippen LogP contribution in [0, 0.1) is 0 Å². The van der Waals surface area contributed by atoms with Gasteiger partial charge in [0.1, 0.15) is 0 Å². The van der Waals surface area contributed by atoms with Crippen LogP contribution < -0.4 is 16.1 Å². The largest absolute Gasteiger partial charge is 0.331 e. The maximum atomic E-state index is 12.5. The van der Waals surface area contributed by atoms with Crippen LogP contribution in [-0.4, -0.2) is 17.1 Å². The number of para-hydroxylation sites is 1. The number of urea groups is 1. The van der Waals surface area contributed by atoms with Crippen LogP contribution in [0.4, 0.5) is 10.5 Å². The van der Waals surface area contributed by atoms with E-state index in [-0.39, 0.29) is 12.1 Å². The summed E-state index contributed by atoms with van der Waals surface area (Å²) < 4.78 is 0. The zero-order valence-corrected chi connectivity index (χ0v) is 15.3. The number of hydroxylamine groups is 1. The molecule has 0 spiro atoms. The lowest BCUT2D eigenvalue weighted by Crippen LogP contribution is -2.31. The van der Waals surface area contributed by atoms with Gasteiger partial charge in [-0.05, 0) is 36.2 Å². The van der Waals surface area contributed by atoms with E-state index in [1.54, 1.807) is 29.7 Å². The molecular weight excluding hydrogens is 354 g/mol. The van der Waals surface area contributed by atoms with E-state index >= 15 is 0 Å². The molecule has 1 unspecified atom stereocenters. The number of hydrogen-bond donors (Lipinski definition) is 4. The summed E-state index contributed by atoms with van der Waals surface area (Å²) in [5.41, 5.74) is 5.43. The van der Waals surface area contributed by atoms with Crippen molar-refractivity contribution in [2.75, 3.05) is 5.32 Å². The smallest absolute Gasteiger partial charge is 0.319 e. The molecule has 0 aliphatic rings. The van der Waals surface area contributed by atoms with E-state index in [0.29, 0.717) is 11.3 Å². The van der Waals surface area contributed by atoms with Crippen LogP contribution in [0.25, 0.3) is 11.1 Å². The summed E-state index contributed by atoms with van der Waals surface area (Å²) in [6.07, 6.45) is 0. The Morgan fingerprint density at radius 3 is 2.18 bits per heavy atom. The Kier molecular flexibility index (Phi) is 6.04. The highest BCUT2D eigenvalue weighted by Gasteiger charge is 2.13. The van der Waals surface area contributed by atoms with E-state index in [4.69, 9.17) is 5.21 Å². The molecule has 1 atom stereocenters. The fraction of sp³-hybridized carbons (Fsp3) is 0.0909. The van der Waals surface area contributed by atoms with E-state index < -0.39 is 5.91 Å². The van der Waals surface area contributed by atoms with Crippen molar-refractivity contribution in [3.8, 4) is 11.1 Å². The van der Waals surface area contributed by atoms with Gasteiger partial charge in [0.15, 0.2) is 0 Å². The fourth-order valence-electron chi connectivity index (χ4n) is 2.89. The first-order valence-electron chi connectivity index (χ1n) is 8.85. The molecule has 0 aliphatic carbocycles. The highest BCUT2D eigenvalue weighted by Crippen LogP contribution is 2.27. The standard InChI is InChI=1S/C22H21N3O3/c1-15(16-11-13-18(14-12-16)21(26)25-28)23-22(27)24-20-10-6-5-9-19(20)17-7-3-2-4-8-17/h2-15,28H,1H3,(H,25,26)(H2,23,24,27). The molecule has 4 N–H and O–H groups in total. The van der Waals surface area contributed by atoms with Crippen LogP contribution in [-0.2, 0) is 0 Å². The Bertz CT molecular complexity index is 956. The molecule has 0 aromatic heterocycles. The van der Waals surface area contributed by atoms with Crippen LogP contribution in [0.1, 0.15) is 28.9 Å². The quantitative estimate of drug-likeness (QED) is 0.395. The molecule has 3 rings (SSSR count). The van der Waals surface area contributed by atoms with Gasteiger partial charge in [0.2, 0.25) is 0 Å². The van der Waals surface area contributed by atoms with Crippen LogP contribution in [0.5, 0.6) is 0 Å². The lowest BCUT2D eigenvalue weighted by atomic mass is 10.0. The van der Waals surface area contributed by atoms with Crippen molar-refractivity contribution in [2.24, 2.45) is 0 Å². The summed E-state index contributed by atoms with van der Waals surface area (Å²) in [6.45, 7) is 1.85. The maximum Gasteiger partial charge on any atom is 0.319 e. The van der Waals surface area contributed by atoms with E-state index in [1.807, 2.05) is 61.5 Å². The molecule has 28 heavy (non-hydrogen) atoms. The Labute approximate surface area is 163 Å². The number of nitrogens with one attached hydrogen (secondary N) is 3. The molecule has 0 saturated carbocycles. The van der Waals surface area contributed by atoms with Gasteiger partial charge in [0.05, 0.1) is 11.7 Å². The maximum absolute atomic E-state index is 12.5. The SMILES string of the molecule is CC(NC(=O)Nc1ccccc1-c1ccccc1)c1ccc(C(=O)NO)cc1. The molecule has 0 heterocycles. The second kappa shape index (κ2) is 8.83. The summed E-state index contributed by atoms with van der Waals surface area (Å²) in [6, 6.07) is 23.5. The minimum Gasteiger partial charge on any atom is -0.331 e. The average molecular weight is 375 g/mol. The normalized spacial score (nSPS) is 11.4. The molecular formula is C22H21N3O3. The molecule has 0 aliphatic heterocycles. The lowest BCUT2D eigenvalue weighted by Gasteiger charge is -2.17. The minimum atomic E-state index is -0.581. The Balaban J connectivity index is 1.68. The number of anilines is 1. The van der Waals surface area contributed by atoms with Crippen molar-refractivity contribution in [1.82, 2.24) is 10.8 Å². The van der Waals surface area contributed by atoms with Crippen molar-refractivity contribution in [2.45, 2.75) is 13.0 Å². The van der Waals surface area contributed by atoms with E-state index in [9.17, 15) is 9.59 Å². The van der Waals surface area contributed by atoms with E-state index in [1.165, 1.54) is 0 Å². The van der Waals surface area contributed by atoms with Gasteiger partial charge in [-0.3, -0.25) is 10.0 Å². The van der Waals surface area contributed by atoms with Crippen molar-refractivity contribution < 1.29 is 14.8 Å². The number of rotatable bonds is 5. The van der Waals surface area contributed by atoms with Crippen LogP contribution >= 0.6 is 0 Å². The zero-order valence-electron chi connectivity index (χ0n) is 15.3. The molecule has 0 fully saturated rings. The number of carbonyl (C=O) groups is 2. The third-order valence-electron chi connectivity index (χ3n) is 4.38. The molecule has 0 saturated heterocycles. The molecule has 0 bridgehead atoms. The first-order valence-corrected chi connectivity index (χ1v) is 8.85.